The van der Waals surface area contributed by atoms with Gasteiger partial charge in [-0.1, -0.05) is 30.3 Å². The number of pyridine rings is 1. The Bertz CT molecular complexity index is 404. The van der Waals surface area contributed by atoms with Gasteiger partial charge in [-0.05, 0) is 17.5 Å². The molecule has 0 amide bonds. The third-order valence-electron chi connectivity index (χ3n) is 2.04. The Morgan fingerprint density at radius 3 is 1.94 bits per heavy atom. The summed E-state index contributed by atoms with van der Waals surface area (Å²) in [6.45, 7) is 0. The summed E-state index contributed by atoms with van der Waals surface area (Å²) in [4.78, 5) is 11.3. The molecule has 1 N–H and O–H groups in total. The van der Waals surface area contributed by atoms with Gasteiger partial charge < -0.3 is 15.3 Å². The number of nitrogens with one attached hydrogen (secondary N) is 1. The van der Waals surface area contributed by atoms with Crippen molar-refractivity contribution in [3.05, 3.63) is 81.3 Å². The molecule has 2 aromatic rings. The summed E-state index contributed by atoms with van der Waals surface area (Å²) in [5.41, 5.74) is 2.69. The van der Waals surface area contributed by atoms with Crippen LogP contribution in [-0.4, -0.2) is 5.09 Å². The molecular weight excluding hydrogens is 220 g/mol. The molecule has 2 rings (SSSR count). The Morgan fingerprint density at radius 1 is 0.941 bits per heavy atom. The van der Waals surface area contributed by atoms with Gasteiger partial charge in [0.05, 0.1) is 5.09 Å². The zero-order valence-electron chi connectivity index (χ0n) is 9.08. The second kappa shape index (κ2) is 6.95. The van der Waals surface area contributed by atoms with Crippen LogP contribution in [-0.2, 0) is 6.42 Å². The molecule has 0 fully saturated rings. The fraction of sp³-hybridized carbons (Fsp3) is 0.0833. The maximum Gasteiger partial charge on any atom is 0.167 e. The van der Waals surface area contributed by atoms with Gasteiger partial charge in [0.2, 0.25) is 0 Å². The molecule has 1 aromatic heterocycles. The number of benzene rings is 1. The smallest absolute Gasteiger partial charge is 0.167 e. The third kappa shape index (κ3) is 5.88. The third-order valence-corrected chi connectivity index (χ3v) is 2.04. The second-order valence-electron chi connectivity index (χ2n) is 3.29. The lowest BCUT2D eigenvalue weighted by Crippen LogP contribution is -1.98. The van der Waals surface area contributed by atoms with Gasteiger partial charge in [-0.3, -0.25) is 0 Å². The van der Waals surface area contributed by atoms with Crippen molar-refractivity contribution in [3.8, 4) is 0 Å². The molecular formula is C12H12N2O3. The molecule has 88 valence electrons. The molecule has 5 heteroatoms. The highest BCUT2D eigenvalue weighted by molar-refractivity contribution is 5.23. The van der Waals surface area contributed by atoms with Crippen LogP contribution in [0.15, 0.2) is 54.9 Å². The van der Waals surface area contributed by atoms with Crippen LogP contribution in [0.3, 0.4) is 0 Å². The van der Waals surface area contributed by atoms with Gasteiger partial charge in [-0.2, -0.15) is 0 Å². The summed E-state index contributed by atoms with van der Waals surface area (Å²) in [6, 6.07) is 14.7. The largest absolute Gasteiger partial charge is 0.356 e. The van der Waals surface area contributed by atoms with E-state index in [2.05, 4.69) is 41.4 Å². The number of hydrogen-bond donors (Lipinski definition) is 0. The van der Waals surface area contributed by atoms with Crippen molar-refractivity contribution < 1.29 is 10.1 Å². The number of nitrogens with zero attached hydrogens (tertiary/aromatic N) is 1. The molecule has 1 heterocycles. The Kier molecular flexibility index (Phi) is 5.16. The molecule has 0 aliphatic carbocycles. The van der Waals surface area contributed by atoms with E-state index in [1.54, 1.807) is 0 Å². The molecule has 0 atom stereocenters. The Hall–Kier alpha value is -2.43. The van der Waals surface area contributed by atoms with Crippen LogP contribution < -0.4 is 4.98 Å². The van der Waals surface area contributed by atoms with Gasteiger partial charge in [0, 0.05) is 12.1 Å². The molecule has 17 heavy (non-hydrogen) atoms. The summed E-state index contributed by atoms with van der Waals surface area (Å²) in [6.07, 6.45) is 4.92. The Labute approximate surface area is 98.5 Å². The van der Waals surface area contributed by atoms with E-state index >= 15 is 0 Å². The quantitative estimate of drug-likeness (QED) is 0.585. The second-order valence-corrected chi connectivity index (χ2v) is 3.29. The molecule has 5 nitrogen and oxygen atoms in total. The average molecular weight is 232 g/mol. The van der Waals surface area contributed by atoms with Crippen molar-refractivity contribution >= 4 is 0 Å². The lowest BCUT2D eigenvalue weighted by molar-refractivity contribution is -0.402. The van der Waals surface area contributed by atoms with E-state index < -0.39 is 5.09 Å². The molecule has 1 aromatic carbocycles. The van der Waals surface area contributed by atoms with Crippen molar-refractivity contribution in [2.45, 2.75) is 6.42 Å². The minimum Gasteiger partial charge on any atom is -0.356 e. The maximum absolute atomic E-state index is 8.25. The first-order valence-corrected chi connectivity index (χ1v) is 4.99. The van der Waals surface area contributed by atoms with E-state index in [1.165, 1.54) is 11.1 Å². The standard InChI is InChI=1S/C12H11N.NO3/c1-2-4-11(5-3-1)10-12-6-8-13-9-7-12;2-1(3)4/h1-9H,10H2;/q;-1/p+1. The summed E-state index contributed by atoms with van der Waals surface area (Å²) in [7, 11) is 0. The van der Waals surface area contributed by atoms with Crippen LogP contribution in [0.4, 0.5) is 0 Å². The van der Waals surface area contributed by atoms with Gasteiger partial charge in [0.1, 0.15) is 0 Å². The summed E-state index contributed by atoms with van der Waals surface area (Å²) >= 11 is 0. The van der Waals surface area contributed by atoms with Gasteiger partial charge in [0.15, 0.2) is 12.4 Å². The Balaban J connectivity index is 0.000000317. The average Bonchev–Trinajstić information content (AvgIpc) is 2.31. The van der Waals surface area contributed by atoms with Crippen molar-refractivity contribution in [1.29, 1.82) is 0 Å². The highest BCUT2D eigenvalue weighted by Crippen LogP contribution is 2.06. The monoisotopic (exact) mass is 232 g/mol. The van der Waals surface area contributed by atoms with Gasteiger partial charge in [-0.15, -0.1) is 0 Å². The van der Waals surface area contributed by atoms with Crippen LogP contribution in [0.5, 0.6) is 0 Å². The lowest BCUT2D eigenvalue weighted by Gasteiger charge is -1.98. The van der Waals surface area contributed by atoms with Crippen molar-refractivity contribution in [2.75, 3.05) is 0 Å². The fourth-order valence-corrected chi connectivity index (χ4v) is 1.37. The van der Waals surface area contributed by atoms with E-state index in [9.17, 15) is 0 Å². The van der Waals surface area contributed by atoms with E-state index in [4.69, 9.17) is 15.3 Å². The van der Waals surface area contributed by atoms with Gasteiger partial charge >= 0.3 is 0 Å². The normalized spacial score (nSPS) is 8.94. The molecule has 0 unspecified atom stereocenters. The molecule has 0 aliphatic heterocycles. The van der Waals surface area contributed by atoms with Crippen LogP contribution in [0, 0.1) is 15.3 Å². The highest BCUT2D eigenvalue weighted by Gasteiger charge is 1.94. The summed E-state index contributed by atoms with van der Waals surface area (Å²) in [5.74, 6) is 0. The lowest BCUT2D eigenvalue weighted by atomic mass is 10.1. The zero-order valence-corrected chi connectivity index (χ0v) is 9.08. The topological polar surface area (TPSA) is 80.3 Å². The summed E-state index contributed by atoms with van der Waals surface area (Å²) < 4.78 is 0. The molecule has 0 radical (unpaired) electrons. The Morgan fingerprint density at radius 2 is 1.41 bits per heavy atom. The first kappa shape index (κ1) is 12.6. The first-order valence-electron chi connectivity index (χ1n) is 4.99. The number of H-pyrrole nitrogens is 1. The van der Waals surface area contributed by atoms with Crippen molar-refractivity contribution in [1.82, 2.24) is 0 Å². The van der Waals surface area contributed by atoms with Gasteiger partial charge in [-0.25, -0.2) is 4.98 Å². The predicted molar refractivity (Wildman–Crippen MR) is 62.6 cm³/mol. The van der Waals surface area contributed by atoms with Crippen molar-refractivity contribution in [2.24, 2.45) is 0 Å². The maximum atomic E-state index is 8.25. The number of hydrogen-bond acceptors (Lipinski definition) is 3. The van der Waals surface area contributed by atoms with E-state index in [1.807, 2.05) is 18.5 Å². The molecule has 0 saturated heterocycles. The van der Waals surface area contributed by atoms with E-state index in [-0.39, 0.29) is 0 Å². The first-order chi connectivity index (χ1) is 8.18. The molecule has 0 saturated carbocycles. The van der Waals surface area contributed by atoms with Gasteiger partial charge in [0.25, 0.3) is 0 Å². The molecule has 0 spiro atoms. The van der Waals surface area contributed by atoms with Crippen LogP contribution in [0.1, 0.15) is 11.1 Å². The minimum absolute atomic E-state index is 1.01. The van der Waals surface area contributed by atoms with Crippen LogP contribution in [0.25, 0.3) is 0 Å². The van der Waals surface area contributed by atoms with Crippen LogP contribution >= 0.6 is 0 Å². The minimum atomic E-state index is -1.75. The number of aromatic amines is 1. The van der Waals surface area contributed by atoms with Crippen molar-refractivity contribution in [3.63, 3.8) is 0 Å². The number of rotatable bonds is 2. The SMILES string of the molecule is O=[N+]([O-])[O-].c1ccc(Cc2cc[nH+]cc2)cc1. The van der Waals surface area contributed by atoms with Crippen LogP contribution in [0.2, 0.25) is 0 Å². The molecule has 0 aliphatic rings. The molecule has 0 bridgehead atoms. The predicted octanol–water partition coefficient (Wildman–Crippen LogP) is 1.85. The zero-order chi connectivity index (χ0) is 12.5. The number of aromatic nitrogens is 1. The fourth-order valence-electron chi connectivity index (χ4n) is 1.37. The highest BCUT2D eigenvalue weighted by atomic mass is 16.9. The van der Waals surface area contributed by atoms with E-state index in [0.29, 0.717) is 0 Å². The van der Waals surface area contributed by atoms with E-state index in [0.717, 1.165) is 6.42 Å². The summed E-state index contributed by atoms with van der Waals surface area (Å²) in [5, 5.41) is 14.8.